The molecule has 0 saturated heterocycles. The maximum atomic E-state index is 12.4. The summed E-state index contributed by atoms with van der Waals surface area (Å²) in [6.45, 7) is 7.25. The van der Waals surface area contributed by atoms with Gasteiger partial charge >= 0.3 is 5.97 Å². The van der Waals surface area contributed by atoms with Gasteiger partial charge in [0.05, 0.1) is 18.4 Å². The minimum absolute atomic E-state index is 0.00912. The van der Waals surface area contributed by atoms with Gasteiger partial charge < -0.3 is 26.0 Å². The van der Waals surface area contributed by atoms with Crippen molar-refractivity contribution in [2.75, 3.05) is 13.3 Å². The number of hydrogen-bond acceptors (Lipinski definition) is 6. The molecular formula is C16H33N3O5. The van der Waals surface area contributed by atoms with Crippen molar-refractivity contribution in [1.82, 2.24) is 10.6 Å². The van der Waals surface area contributed by atoms with Crippen LogP contribution in [0.1, 0.15) is 59.8 Å². The Kier molecular flexibility index (Phi) is 10.1. The van der Waals surface area contributed by atoms with E-state index in [2.05, 4.69) is 10.6 Å². The van der Waals surface area contributed by atoms with Crippen molar-refractivity contribution in [2.45, 2.75) is 77.2 Å². The van der Waals surface area contributed by atoms with Crippen LogP contribution in [0.15, 0.2) is 0 Å². The molecule has 0 aromatic carbocycles. The van der Waals surface area contributed by atoms with E-state index in [1.54, 1.807) is 27.7 Å². The number of ether oxygens (including phenoxy) is 1. The first-order valence-electron chi connectivity index (χ1n) is 8.31. The van der Waals surface area contributed by atoms with Crippen molar-refractivity contribution in [2.24, 2.45) is 5.73 Å². The molecule has 1 atom stereocenters. The van der Waals surface area contributed by atoms with E-state index < -0.39 is 23.3 Å². The second kappa shape index (κ2) is 10.6. The van der Waals surface area contributed by atoms with Crippen LogP contribution >= 0.6 is 0 Å². The molecule has 6 N–H and O–H groups in total. The SMILES string of the molecule is CC(C)(CCC(=O)O)OC(C)(C)NC(=O)C(CCCCN)NCO. The Bertz CT molecular complexity index is 399. The Labute approximate surface area is 144 Å². The van der Waals surface area contributed by atoms with E-state index in [-0.39, 0.29) is 19.1 Å². The van der Waals surface area contributed by atoms with Crippen LogP contribution < -0.4 is 16.4 Å². The maximum absolute atomic E-state index is 12.4. The summed E-state index contributed by atoms with van der Waals surface area (Å²) in [5.74, 6) is -1.17. The number of carboxylic acid groups (broad SMARTS) is 1. The first-order valence-corrected chi connectivity index (χ1v) is 8.31. The quantitative estimate of drug-likeness (QED) is 0.242. The summed E-state index contributed by atoms with van der Waals surface area (Å²) >= 11 is 0. The van der Waals surface area contributed by atoms with Gasteiger partial charge in [0.25, 0.3) is 0 Å². The lowest BCUT2D eigenvalue weighted by Crippen LogP contribution is -2.55. The molecule has 0 fully saturated rings. The third-order valence-corrected chi connectivity index (χ3v) is 3.50. The van der Waals surface area contributed by atoms with Crippen molar-refractivity contribution < 1.29 is 24.5 Å². The summed E-state index contributed by atoms with van der Waals surface area (Å²) in [6, 6.07) is -0.536. The summed E-state index contributed by atoms with van der Waals surface area (Å²) in [5.41, 5.74) is 3.78. The lowest BCUT2D eigenvalue weighted by atomic mass is 10.0. The smallest absolute Gasteiger partial charge is 0.303 e. The Balaban J connectivity index is 4.66. The lowest BCUT2D eigenvalue weighted by Gasteiger charge is -2.37. The highest BCUT2D eigenvalue weighted by Crippen LogP contribution is 2.23. The van der Waals surface area contributed by atoms with E-state index in [1.807, 2.05) is 0 Å². The van der Waals surface area contributed by atoms with E-state index in [0.29, 0.717) is 19.4 Å². The van der Waals surface area contributed by atoms with Gasteiger partial charge in [0.2, 0.25) is 5.91 Å². The number of nitrogens with one attached hydrogen (secondary N) is 2. The van der Waals surface area contributed by atoms with Gasteiger partial charge in [0, 0.05) is 6.42 Å². The van der Waals surface area contributed by atoms with Crippen LogP contribution in [-0.2, 0) is 14.3 Å². The molecule has 8 heteroatoms. The number of amides is 1. The molecule has 0 bridgehead atoms. The monoisotopic (exact) mass is 347 g/mol. The van der Waals surface area contributed by atoms with Crippen LogP contribution in [0, 0.1) is 0 Å². The molecule has 0 aliphatic heterocycles. The number of carboxylic acids is 1. The predicted molar refractivity (Wildman–Crippen MR) is 91.2 cm³/mol. The highest BCUT2D eigenvalue weighted by Gasteiger charge is 2.32. The second-order valence-electron chi connectivity index (χ2n) is 6.95. The molecule has 0 aromatic heterocycles. The van der Waals surface area contributed by atoms with Crippen LogP contribution in [-0.4, -0.2) is 52.7 Å². The van der Waals surface area contributed by atoms with Crippen LogP contribution in [0.5, 0.6) is 0 Å². The topological polar surface area (TPSA) is 134 Å². The largest absolute Gasteiger partial charge is 0.481 e. The Morgan fingerprint density at radius 2 is 1.83 bits per heavy atom. The van der Waals surface area contributed by atoms with Gasteiger partial charge in [-0.3, -0.25) is 14.9 Å². The van der Waals surface area contributed by atoms with E-state index in [0.717, 1.165) is 12.8 Å². The van der Waals surface area contributed by atoms with Crippen LogP contribution in [0.25, 0.3) is 0 Å². The molecule has 0 spiro atoms. The first kappa shape index (κ1) is 22.8. The third kappa shape index (κ3) is 10.5. The number of unbranched alkanes of at least 4 members (excludes halogenated alkanes) is 1. The highest BCUT2D eigenvalue weighted by atomic mass is 16.5. The molecule has 0 saturated carbocycles. The standard InChI is InChI=1S/C16H33N3O5/c1-15(2,9-8-13(21)22)24-16(3,4)19-14(23)12(18-11-20)7-5-6-10-17/h12,18,20H,5-11,17H2,1-4H3,(H,19,23)(H,21,22). The minimum atomic E-state index is -0.970. The minimum Gasteiger partial charge on any atom is -0.481 e. The average molecular weight is 347 g/mol. The number of aliphatic carboxylic acids is 1. The summed E-state index contributed by atoms with van der Waals surface area (Å²) < 4.78 is 5.89. The van der Waals surface area contributed by atoms with Crippen LogP contribution in [0.2, 0.25) is 0 Å². The Morgan fingerprint density at radius 3 is 2.33 bits per heavy atom. The molecular weight excluding hydrogens is 314 g/mol. The van der Waals surface area contributed by atoms with Crippen molar-refractivity contribution >= 4 is 11.9 Å². The fourth-order valence-electron chi connectivity index (χ4n) is 2.49. The number of hydrogen-bond donors (Lipinski definition) is 5. The second-order valence-corrected chi connectivity index (χ2v) is 6.95. The molecule has 24 heavy (non-hydrogen) atoms. The highest BCUT2D eigenvalue weighted by molar-refractivity contribution is 5.82. The lowest BCUT2D eigenvalue weighted by molar-refractivity contribution is -0.161. The van der Waals surface area contributed by atoms with E-state index in [4.69, 9.17) is 20.7 Å². The molecule has 0 aliphatic rings. The fraction of sp³-hybridized carbons (Fsp3) is 0.875. The van der Waals surface area contributed by atoms with E-state index >= 15 is 0 Å². The molecule has 1 amide bonds. The van der Waals surface area contributed by atoms with Gasteiger partial charge in [0.1, 0.15) is 5.72 Å². The summed E-state index contributed by atoms with van der Waals surface area (Å²) in [4.78, 5) is 23.1. The van der Waals surface area contributed by atoms with Crippen LogP contribution in [0.3, 0.4) is 0 Å². The van der Waals surface area contributed by atoms with Gasteiger partial charge in [-0.1, -0.05) is 6.42 Å². The third-order valence-electron chi connectivity index (χ3n) is 3.50. The number of carbonyl (C=O) groups excluding carboxylic acids is 1. The fourth-order valence-corrected chi connectivity index (χ4v) is 2.49. The Hall–Kier alpha value is -1.22. The van der Waals surface area contributed by atoms with E-state index in [1.165, 1.54) is 0 Å². The molecule has 0 radical (unpaired) electrons. The summed E-state index contributed by atoms with van der Waals surface area (Å²) in [7, 11) is 0. The normalized spacial score (nSPS) is 13.6. The maximum Gasteiger partial charge on any atom is 0.303 e. The van der Waals surface area contributed by atoms with Crippen molar-refractivity contribution in [3.8, 4) is 0 Å². The van der Waals surface area contributed by atoms with Gasteiger partial charge in [-0.2, -0.15) is 0 Å². The number of nitrogens with two attached hydrogens (primary N) is 1. The molecule has 8 nitrogen and oxygen atoms in total. The zero-order valence-electron chi connectivity index (χ0n) is 15.2. The number of rotatable bonds is 13. The number of aliphatic hydroxyl groups excluding tert-OH is 1. The number of aliphatic hydroxyl groups is 1. The van der Waals surface area contributed by atoms with Crippen molar-refractivity contribution in [1.29, 1.82) is 0 Å². The van der Waals surface area contributed by atoms with Gasteiger partial charge in [-0.15, -0.1) is 0 Å². The van der Waals surface area contributed by atoms with Gasteiger partial charge in [0.15, 0.2) is 0 Å². The zero-order valence-corrected chi connectivity index (χ0v) is 15.2. The number of carbonyl (C=O) groups is 2. The molecule has 0 heterocycles. The van der Waals surface area contributed by atoms with Crippen LogP contribution in [0.4, 0.5) is 0 Å². The predicted octanol–water partition coefficient (Wildman–Crippen LogP) is 0.536. The van der Waals surface area contributed by atoms with Gasteiger partial charge in [-0.25, -0.2) is 0 Å². The molecule has 0 rings (SSSR count). The van der Waals surface area contributed by atoms with Gasteiger partial charge in [-0.05, 0) is 53.5 Å². The Morgan fingerprint density at radius 1 is 1.21 bits per heavy atom. The average Bonchev–Trinajstić information content (AvgIpc) is 2.42. The van der Waals surface area contributed by atoms with E-state index in [9.17, 15) is 9.59 Å². The molecule has 0 aromatic rings. The summed E-state index contributed by atoms with van der Waals surface area (Å²) in [5, 5.41) is 23.4. The summed E-state index contributed by atoms with van der Waals surface area (Å²) in [6.07, 6.45) is 2.45. The molecule has 1 unspecified atom stereocenters. The first-order chi connectivity index (χ1) is 11.0. The molecule has 142 valence electrons. The van der Waals surface area contributed by atoms with Crippen molar-refractivity contribution in [3.05, 3.63) is 0 Å². The molecule has 0 aliphatic carbocycles. The zero-order chi connectivity index (χ0) is 18.8. The van der Waals surface area contributed by atoms with Crippen molar-refractivity contribution in [3.63, 3.8) is 0 Å².